The number of carboxylic acids is 1. The number of hydrogen-bond donors (Lipinski definition) is 2. The minimum Gasteiger partial charge on any atom is -0.480 e. The van der Waals surface area contributed by atoms with Gasteiger partial charge >= 0.3 is 5.97 Å². The van der Waals surface area contributed by atoms with Gasteiger partial charge in [0, 0.05) is 11.8 Å². The van der Waals surface area contributed by atoms with Crippen molar-refractivity contribution in [1.82, 2.24) is 10.3 Å². The minimum atomic E-state index is -0.770. The van der Waals surface area contributed by atoms with Crippen LogP contribution in [-0.2, 0) is 11.2 Å². The van der Waals surface area contributed by atoms with E-state index in [9.17, 15) is 9.90 Å². The lowest BCUT2D eigenvalue weighted by atomic mass is 9.92. The van der Waals surface area contributed by atoms with E-state index in [1.807, 2.05) is 5.38 Å². The maximum Gasteiger partial charge on any atom is 0.324 e. The standard InChI is InChI=1S/C9H12N2O2S/c12-8(13)9(2-1-3-11-9)4-7-5-14-6-10-7/h5-6,11H,1-4H2,(H,12,13)/t9-/m1/s1. The molecule has 0 aromatic carbocycles. The molecule has 0 spiro atoms. The summed E-state index contributed by atoms with van der Waals surface area (Å²) in [6.07, 6.45) is 2.11. The molecule has 2 N–H and O–H groups in total. The molecule has 1 fully saturated rings. The Hall–Kier alpha value is -0.940. The summed E-state index contributed by atoms with van der Waals surface area (Å²) < 4.78 is 0. The van der Waals surface area contributed by atoms with Gasteiger partial charge in [-0.1, -0.05) is 0 Å². The Bertz CT molecular complexity index is 318. The quantitative estimate of drug-likeness (QED) is 0.781. The summed E-state index contributed by atoms with van der Waals surface area (Å²) in [6.45, 7) is 0.788. The minimum absolute atomic E-state index is 0.492. The van der Waals surface area contributed by atoms with Crippen molar-refractivity contribution in [2.75, 3.05) is 6.54 Å². The fourth-order valence-corrected chi connectivity index (χ4v) is 2.41. The van der Waals surface area contributed by atoms with Crippen LogP contribution >= 0.6 is 11.3 Å². The molecule has 4 nitrogen and oxygen atoms in total. The second-order valence-electron chi connectivity index (χ2n) is 3.57. The van der Waals surface area contributed by atoms with Crippen molar-refractivity contribution in [2.24, 2.45) is 0 Å². The second-order valence-corrected chi connectivity index (χ2v) is 4.29. The van der Waals surface area contributed by atoms with E-state index in [4.69, 9.17) is 0 Å². The summed E-state index contributed by atoms with van der Waals surface area (Å²) in [5.41, 5.74) is 1.83. The van der Waals surface area contributed by atoms with Gasteiger partial charge in [0.05, 0.1) is 11.2 Å². The third-order valence-electron chi connectivity index (χ3n) is 2.62. The molecule has 0 amide bonds. The summed E-state index contributed by atoms with van der Waals surface area (Å²) in [7, 11) is 0. The van der Waals surface area contributed by atoms with Gasteiger partial charge in [0.2, 0.25) is 0 Å². The van der Waals surface area contributed by atoms with Gasteiger partial charge in [-0.25, -0.2) is 4.98 Å². The Kier molecular flexibility index (Phi) is 2.52. The molecular weight excluding hydrogens is 200 g/mol. The van der Waals surface area contributed by atoms with Gasteiger partial charge in [-0.3, -0.25) is 4.79 Å². The van der Waals surface area contributed by atoms with Crippen LogP contribution in [-0.4, -0.2) is 28.1 Å². The highest BCUT2D eigenvalue weighted by Crippen LogP contribution is 2.24. The van der Waals surface area contributed by atoms with Crippen molar-refractivity contribution in [1.29, 1.82) is 0 Å². The molecule has 0 bridgehead atoms. The number of nitrogens with zero attached hydrogens (tertiary/aromatic N) is 1. The number of nitrogens with one attached hydrogen (secondary N) is 1. The lowest BCUT2D eigenvalue weighted by Crippen LogP contribution is -2.49. The molecule has 0 unspecified atom stereocenters. The molecule has 0 saturated carbocycles. The number of hydrogen-bond acceptors (Lipinski definition) is 4. The number of thiazole rings is 1. The number of aliphatic carboxylic acids is 1. The van der Waals surface area contributed by atoms with E-state index in [0.717, 1.165) is 18.7 Å². The van der Waals surface area contributed by atoms with Crippen molar-refractivity contribution in [3.63, 3.8) is 0 Å². The first-order chi connectivity index (χ1) is 6.73. The van der Waals surface area contributed by atoms with Gasteiger partial charge < -0.3 is 10.4 Å². The third-order valence-corrected chi connectivity index (χ3v) is 3.25. The van der Waals surface area contributed by atoms with E-state index in [0.29, 0.717) is 12.8 Å². The molecule has 14 heavy (non-hydrogen) atoms. The Morgan fingerprint density at radius 2 is 2.64 bits per heavy atom. The molecule has 0 radical (unpaired) electrons. The van der Waals surface area contributed by atoms with Crippen molar-refractivity contribution >= 4 is 17.3 Å². The lowest BCUT2D eigenvalue weighted by molar-refractivity contribution is -0.144. The maximum atomic E-state index is 11.2. The van der Waals surface area contributed by atoms with Crippen LogP contribution in [0.25, 0.3) is 0 Å². The average molecular weight is 212 g/mol. The van der Waals surface area contributed by atoms with Crippen LogP contribution in [0, 0.1) is 0 Å². The van der Waals surface area contributed by atoms with E-state index in [1.54, 1.807) is 5.51 Å². The van der Waals surface area contributed by atoms with Crippen LogP contribution in [0.3, 0.4) is 0 Å². The van der Waals surface area contributed by atoms with Crippen molar-refractivity contribution in [2.45, 2.75) is 24.8 Å². The Morgan fingerprint density at radius 1 is 1.79 bits per heavy atom. The van der Waals surface area contributed by atoms with Crippen LogP contribution in [0.4, 0.5) is 0 Å². The monoisotopic (exact) mass is 212 g/mol. The first-order valence-electron chi connectivity index (χ1n) is 4.58. The smallest absolute Gasteiger partial charge is 0.324 e. The SMILES string of the molecule is O=C(O)[C@]1(Cc2cscn2)CCCN1. The molecule has 1 aromatic rings. The molecule has 2 rings (SSSR count). The predicted octanol–water partition coefficient (Wildman–Crippen LogP) is 0.892. The predicted molar refractivity (Wildman–Crippen MR) is 53.4 cm³/mol. The van der Waals surface area contributed by atoms with Gasteiger partial charge in [0.15, 0.2) is 0 Å². The average Bonchev–Trinajstić information content (AvgIpc) is 2.76. The molecule has 2 heterocycles. The van der Waals surface area contributed by atoms with Crippen molar-refractivity contribution in [3.8, 4) is 0 Å². The van der Waals surface area contributed by atoms with Gasteiger partial charge in [-0.2, -0.15) is 0 Å². The largest absolute Gasteiger partial charge is 0.480 e. The lowest BCUT2D eigenvalue weighted by Gasteiger charge is -2.23. The Morgan fingerprint density at radius 3 is 3.14 bits per heavy atom. The van der Waals surface area contributed by atoms with Crippen molar-refractivity contribution < 1.29 is 9.90 Å². The van der Waals surface area contributed by atoms with Gasteiger partial charge in [-0.15, -0.1) is 11.3 Å². The second kappa shape index (κ2) is 3.67. The summed E-state index contributed by atoms with van der Waals surface area (Å²) >= 11 is 1.50. The zero-order valence-corrected chi connectivity index (χ0v) is 8.51. The molecule has 5 heteroatoms. The number of aromatic nitrogens is 1. The number of rotatable bonds is 3. The molecule has 0 aliphatic carbocycles. The zero-order valence-electron chi connectivity index (χ0n) is 7.69. The third kappa shape index (κ3) is 1.65. The highest BCUT2D eigenvalue weighted by Gasteiger charge is 2.41. The fourth-order valence-electron chi connectivity index (χ4n) is 1.85. The first-order valence-corrected chi connectivity index (χ1v) is 5.53. The van der Waals surface area contributed by atoms with Gasteiger partial charge in [0.1, 0.15) is 5.54 Å². The van der Waals surface area contributed by atoms with Crippen LogP contribution in [0.15, 0.2) is 10.9 Å². The normalized spacial score (nSPS) is 26.6. The van der Waals surface area contributed by atoms with Crippen LogP contribution < -0.4 is 5.32 Å². The molecule has 1 atom stereocenters. The van der Waals surface area contributed by atoms with E-state index in [-0.39, 0.29) is 0 Å². The van der Waals surface area contributed by atoms with E-state index >= 15 is 0 Å². The number of carbonyl (C=O) groups is 1. The highest BCUT2D eigenvalue weighted by molar-refractivity contribution is 7.07. The summed E-state index contributed by atoms with van der Waals surface area (Å²) in [4.78, 5) is 15.3. The molecular formula is C9H12N2O2S. The summed E-state index contributed by atoms with van der Waals surface area (Å²) in [5.74, 6) is -0.761. The highest BCUT2D eigenvalue weighted by atomic mass is 32.1. The molecule has 76 valence electrons. The van der Waals surface area contributed by atoms with Gasteiger partial charge in [-0.05, 0) is 19.4 Å². The van der Waals surface area contributed by atoms with Crippen LogP contribution in [0.2, 0.25) is 0 Å². The van der Waals surface area contributed by atoms with Gasteiger partial charge in [0.25, 0.3) is 0 Å². The van der Waals surface area contributed by atoms with Crippen LogP contribution in [0.5, 0.6) is 0 Å². The maximum absolute atomic E-state index is 11.2. The molecule has 1 saturated heterocycles. The van der Waals surface area contributed by atoms with E-state index < -0.39 is 11.5 Å². The summed E-state index contributed by atoms with van der Waals surface area (Å²) in [5, 5.41) is 14.2. The van der Waals surface area contributed by atoms with E-state index in [2.05, 4.69) is 10.3 Å². The molecule has 1 aromatic heterocycles. The fraction of sp³-hybridized carbons (Fsp3) is 0.556. The van der Waals surface area contributed by atoms with Crippen molar-refractivity contribution in [3.05, 3.63) is 16.6 Å². The zero-order chi connectivity index (χ0) is 10.0. The number of carboxylic acid groups (broad SMARTS) is 1. The Labute approximate surface area is 86.0 Å². The summed E-state index contributed by atoms with van der Waals surface area (Å²) in [6, 6.07) is 0. The molecule has 1 aliphatic rings. The topological polar surface area (TPSA) is 62.2 Å². The molecule has 1 aliphatic heterocycles. The van der Waals surface area contributed by atoms with Crippen LogP contribution in [0.1, 0.15) is 18.5 Å². The van der Waals surface area contributed by atoms with E-state index in [1.165, 1.54) is 11.3 Å². The Balaban J connectivity index is 2.16. The first kappa shape index (κ1) is 9.61.